The Labute approximate surface area is 153 Å². The van der Waals surface area contributed by atoms with Gasteiger partial charge in [-0.05, 0) is 47.3 Å². The monoisotopic (exact) mass is 461 g/mol. The van der Waals surface area contributed by atoms with Crippen molar-refractivity contribution in [2.24, 2.45) is 0 Å². The molecule has 0 aliphatic heterocycles. The Kier molecular flexibility index (Phi) is 5.77. The first kappa shape index (κ1) is 18.2. The van der Waals surface area contributed by atoms with Crippen molar-refractivity contribution in [2.75, 3.05) is 7.11 Å². The second kappa shape index (κ2) is 7.61. The summed E-state index contributed by atoms with van der Waals surface area (Å²) in [4.78, 5) is 23.7. The van der Waals surface area contributed by atoms with Crippen LogP contribution in [-0.2, 0) is 0 Å². The number of halogens is 1. The third-order valence-electron chi connectivity index (χ3n) is 2.74. The Hall–Kier alpha value is -2.15. The summed E-state index contributed by atoms with van der Waals surface area (Å²) in [6.45, 7) is 1.76. The number of methoxy groups -OCH3 is 1. The van der Waals surface area contributed by atoms with E-state index in [0.29, 0.717) is 15.3 Å². The Bertz CT molecular complexity index is 875. The molecule has 0 radical (unpaired) electrons. The van der Waals surface area contributed by atoms with Crippen LogP contribution in [0, 0.1) is 21.3 Å². The zero-order chi connectivity index (χ0) is 17.9. The molecule has 2 aromatic heterocycles. The number of ether oxygens (including phenoxy) is 1. The maximum atomic E-state index is 12.1. The number of nitrogens with zero attached hydrogens (tertiary/aromatic N) is 2. The molecule has 2 aromatic rings. The lowest BCUT2D eigenvalue weighted by Gasteiger charge is -2.08. The van der Waals surface area contributed by atoms with E-state index in [1.165, 1.54) is 24.1 Å². The molecule has 126 valence electrons. The minimum absolute atomic E-state index is 0.00698. The van der Waals surface area contributed by atoms with Crippen LogP contribution < -0.4 is 15.7 Å². The minimum Gasteiger partial charge on any atom is -0.489 e. The van der Waals surface area contributed by atoms with Crippen LogP contribution in [0.15, 0.2) is 27.5 Å². The van der Waals surface area contributed by atoms with Gasteiger partial charge in [-0.25, -0.2) is 9.48 Å². The highest BCUT2D eigenvalue weighted by Gasteiger charge is 2.18. The normalized spacial score (nSPS) is 10.3. The number of hydrogen-bond acceptors (Lipinski definition) is 8. The van der Waals surface area contributed by atoms with E-state index in [-0.39, 0.29) is 21.8 Å². The average molecular weight is 461 g/mol. The Morgan fingerprint density at radius 1 is 1.50 bits per heavy atom. The van der Waals surface area contributed by atoms with E-state index in [4.69, 9.17) is 20.0 Å². The Balaban J connectivity index is 2.07. The second-order valence-electron chi connectivity index (χ2n) is 4.35. The molecule has 2 heterocycles. The van der Waals surface area contributed by atoms with Crippen molar-refractivity contribution < 1.29 is 13.9 Å². The quantitative estimate of drug-likeness (QED) is 0.354. The predicted molar refractivity (Wildman–Crippen MR) is 97.1 cm³/mol. The van der Waals surface area contributed by atoms with Crippen molar-refractivity contribution in [3.63, 3.8) is 0 Å². The summed E-state index contributed by atoms with van der Waals surface area (Å²) in [6.07, 6.45) is 1.53. The number of amides is 1. The van der Waals surface area contributed by atoms with Gasteiger partial charge in [0, 0.05) is 18.0 Å². The smallest absolute Gasteiger partial charge is 0.380 e. The van der Waals surface area contributed by atoms with Gasteiger partial charge >= 0.3 is 5.63 Å². The van der Waals surface area contributed by atoms with E-state index in [1.807, 2.05) is 22.6 Å². The number of carbonyl (C=O) groups excluding carboxylic acids is 1. The van der Waals surface area contributed by atoms with Gasteiger partial charge in [0.05, 0.1) is 10.7 Å². The van der Waals surface area contributed by atoms with Crippen LogP contribution >= 0.6 is 34.4 Å². The first-order valence-electron chi connectivity index (χ1n) is 6.38. The molecule has 0 spiro atoms. The van der Waals surface area contributed by atoms with Gasteiger partial charge < -0.3 is 9.15 Å². The maximum absolute atomic E-state index is 12.1. The number of thioether (sulfide) groups is 1. The van der Waals surface area contributed by atoms with Crippen LogP contribution in [0.25, 0.3) is 0 Å². The van der Waals surface area contributed by atoms with Crippen molar-refractivity contribution in [3.8, 4) is 5.75 Å². The zero-order valence-electron chi connectivity index (χ0n) is 12.5. The molecule has 0 bridgehead atoms. The van der Waals surface area contributed by atoms with Crippen molar-refractivity contribution in [1.82, 2.24) is 15.1 Å². The van der Waals surface area contributed by atoms with E-state index in [1.54, 1.807) is 13.0 Å². The summed E-state index contributed by atoms with van der Waals surface area (Å²) in [5, 5.41) is 21.5. The van der Waals surface area contributed by atoms with Crippen LogP contribution in [-0.4, -0.2) is 33.1 Å². The number of hydrogen-bond donors (Lipinski definition) is 3. The van der Waals surface area contributed by atoms with Crippen LogP contribution in [0.4, 0.5) is 0 Å². The van der Waals surface area contributed by atoms with E-state index >= 15 is 0 Å². The summed E-state index contributed by atoms with van der Waals surface area (Å²) < 4.78 is 11.5. The summed E-state index contributed by atoms with van der Waals surface area (Å²) >= 11 is 2.54. The largest absolute Gasteiger partial charge is 0.489 e. The lowest BCUT2D eigenvalue weighted by molar-refractivity contribution is 0.0945. The number of aryl methyl sites for hydroxylation is 1. The second-order valence-corrected chi connectivity index (χ2v) is 6.52. The molecule has 3 N–H and O–H groups in total. The van der Waals surface area contributed by atoms with E-state index in [2.05, 4.69) is 10.4 Å². The lowest BCUT2D eigenvalue weighted by atomic mass is 10.3. The molecule has 0 aromatic carbocycles. The summed E-state index contributed by atoms with van der Waals surface area (Å²) in [6, 6.07) is 3.04. The summed E-state index contributed by atoms with van der Waals surface area (Å²) in [5.74, 6) is -1.01. The van der Waals surface area contributed by atoms with Crippen molar-refractivity contribution in [2.45, 2.75) is 6.92 Å². The van der Waals surface area contributed by atoms with Crippen LogP contribution in [0.3, 0.4) is 0 Å². The molecule has 0 saturated heterocycles. The fourth-order valence-corrected chi connectivity index (χ4v) is 3.00. The molecule has 0 saturated carbocycles. The highest BCUT2D eigenvalue weighted by atomic mass is 127. The first-order valence-corrected chi connectivity index (χ1v) is 8.28. The Morgan fingerprint density at radius 3 is 2.75 bits per heavy atom. The van der Waals surface area contributed by atoms with Gasteiger partial charge in [-0.3, -0.25) is 20.9 Å². The molecule has 0 aliphatic rings. The topological polar surface area (TPSA) is 134 Å². The van der Waals surface area contributed by atoms with Gasteiger partial charge in [0.1, 0.15) is 0 Å². The van der Waals surface area contributed by atoms with Crippen molar-refractivity contribution in [1.29, 1.82) is 10.8 Å². The van der Waals surface area contributed by atoms with E-state index in [0.717, 1.165) is 5.69 Å². The van der Waals surface area contributed by atoms with Gasteiger partial charge in [-0.1, -0.05) is 0 Å². The average Bonchev–Trinajstić information content (AvgIpc) is 2.92. The highest BCUT2D eigenvalue weighted by Crippen LogP contribution is 2.17. The SMILES string of the molecule is COc1c(I)cc(C(=O)NC(=N)SC(=N)n2nccc2C)oc1=O. The molecule has 11 heteroatoms. The fourth-order valence-electron chi connectivity index (χ4n) is 1.66. The number of rotatable bonds is 2. The molecule has 0 fully saturated rings. The number of amidine groups is 1. The summed E-state index contributed by atoms with van der Waals surface area (Å²) in [5.41, 5.74) is -0.0593. The lowest BCUT2D eigenvalue weighted by Crippen LogP contribution is -2.30. The van der Waals surface area contributed by atoms with Gasteiger partial charge in [0.15, 0.2) is 16.1 Å². The molecular weight excluding hydrogens is 449 g/mol. The van der Waals surface area contributed by atoms with E-state index < -0.39 is 11.5 Å². The van der Waals surface area contributed by atoms with Gasteiger partial charge in [0.25, 0.3) is 5.91 Å². The van der Waals surface area contributed by atoms with E-state index in [9.17, 15) is 9.59 Å². The Morgan fingerprint density at radius 2 is 2.21 bits per heavy atom. The number of nitrogens with one attached hydrogen (secondary N) is 3. The molecule has 1 amide bonds. The minimum atomic E-state index is -0.784. The van der Waals surface area contributed by atoms with Gasteiger partial charge in [0.2, 0.25) is 5.75 Å². The molecule has 2 rings (SSSR count). The summed E-state index contributed by atoms with van der Waals surface area (Å²) in [7, 11) is 1.32. The van der Waals surface area contributed by atoms with Crippen LogP contribution in [0.1, 0.15) is 16.2 Å². The maximum Gasteiger partial charge on any atom is 0.380 e. The molecular formula is C13H12IN5O4S. The standard InChI is InChI=1S/C13H12IN5O4S/c1-6-3-4-17-19(6)13(16)24-12(15)18-10(20)8-5-7(14)9(22-2)11(21)23-8/h3-5,16H,1-2H3,(H2,15,18,20). The molecule has 24 heavy (non-hydrogen) atoms. The third-order valence-corrected chi connectivity index (χ3v) is 4.21. The molecule has 0 aliphatic carbocycles. The number of aromatic nitrogens is 2. The molecule has 0 unspecified atom stereocenters. The predicted octanol–water partition coefficient (Wildman–Crippen LogP) is 1.64. The first-order chi connectivity index (χ1) is 11.3. The van der Waals surface area contributed by atoms with Gasteiger partial charge in [-0.2, -0.15) is 5.10 Å². The number of carbonyl (C=O) groups is 1. The molecule has 9 nitrogen and oxygen atoms in total. The van der Waals surface area contributed by atoms with Crippen LogP contribution in [0.5, 0.6) is 5.75 Å². The third kappa shape index (κ3) is 4.03. The van der Waals surface area contributed by atoms with Crippen molar-refractivity contribution >= 4 is 50.6 Å². The molecule has 0 atom stereocenters. The van der Waals surface area contributed by atoms with Crippen molar-refractivity contribution in [3.05, 3.63) is 43.8 Å². The van der Waals surface area contributed by atoms with Gasteiger partial charge in [-0.15, -0.1) is 0 Å². The fraction of sp³-hybridized carbons (Fsp3) is 0.154. The van der Waals surface area contributed by atoms with Crippen LogP contribution in [0.2, 0.25) is 0 Å². The zero-order valence-corrected chi connectivity index (χ0v) is 15.5. The highest BCUT2D eigenvalue weighted by molar-refractivity contribution is 14.1.